The molecule has 5 heteroatoms. The minimum atomic E-state index is -0.192. The first kappa shape index (κ1) is 14.7. The molecule has 2 aromatic rings. The summed E-state index contributed by atoms with van der Waals surface area (Å²) in [6, 6.07) is 12.8. The number of ether oxygens (including phenoxy) is 1. The van der Waals surface area contributed by atoms with Crippen molar-refractivity contribution >= 4 is 29.0 Å². The largest absolute Gasteiger partial charge is 0.487 e. The van der Waals surface area contributed by atoms with E-state index < -0.39 is 0 Å². The van der Waals surface area contributed by atoms with Crippen molar-refractivity contribution in [3.05, 3.63) is 53.1 Å². The van der Waals surface area contributed by atoms with Gasteiger partial charge < -0.3 is 10.1 Å². The highest BCUT2D eigenvalue weighted by atomic mass is 35.5. The van der Waals surface area contributed by atoms with Crippen molar-refractivity contribution in [1.29, 1.82) is 0 Å². The van der Waals surface area contributed by atoms with Crippen LogP contribution >= 0.6 is 11.6 Å². The molecule has 0 saturated carbocycles. The molecule has 2 aromatic carbocycles. The molecule has 1 heterocycles. The quantitative estimate of drug-likeness (QED) is 0.843. The first-order valence-electron chi connectivity index (χ1n) is 7.14. The van der Waals surface area contributed by atoms with Gasteiger partial charge in [-0.3, -0.25) is 4.90 Å². The smallest absolute Gasteiger partial charge is 0.326 e. The van der Waals surface area contributed by atoms with Gasteiger partial charge in [-0.1, -0.05) is 29.3 Å². The Labute approximate surface area is 134 Å². The van der Waals surface area contributed by atoms with Crippen LogP contribution in [-0.4, -0.2) is 18.7 Å². The molecule has 0 spiro atoms. The molecule has 1 atom stereocenters. The zero-order valence-corrected chi connectivity index (χ0v) is 13.2. The van der Waals surface area contributed by atoms with Crippen molar-refractivity contribution in [2.45, 2.75) is 20.0 Å². The molecule has 0 aliphatic carbocycles. The zero-order chi connectivity index (χ0) is 15.7. The number of amides is 2. The standard InChI is InChI=1S/C17H17ClN2O2/c1-11-3-6-14(7-4-11)19-17(21)20-10-12(2)22-16-8-5-13(18)9-15(16)20/h3-9,12H,10H2,1-2H3,(H,19,21)/t12-/m1/s1. The van der Waals surface area contributed by atoms with Crippen LogP contribution in [0.1, 0.15) is 12.5 Å². The molecule has 3 rings (SSSR count). The lowest BCUT2D eigenvalue weighted by Crippen LogP contribution is -2.44. The number of urea groups is 1. The van der Waals surface area contributed by atoms with Crippen LogP contribution in [0.4, 0.5) is 16.2 Å². The van der Waals surface area contributed by atoms with E-state index in [1.165, 1.54) is 0 Å². The second-order valence-electron chi connectivity index (χ2n) is 5.45. The lowest BCUT2D eigenvalue weighted by Gasteiger charge is -2.33. The zero-order valence-electron chi connectivity index (χ0n) is 12.5. The molecule has 4 nitrogen and oxygen atoms in total. The normalized spacial score (nSPS) is 16.7. The van der Waals surface area contributed by atoms with Crippen molar-refractivity contribution in [3.63, 3.8) is 0 Å². The molecule has 2 amide bonds. The minimum absolute atomic E-state index is 0.0718. The Kier molecular flexibility index (Phi) is 3.94. The minimum Gasteiger partial charge on any atom is -0.487 e. The second kappa shape index (κ2) is 5.89. The number of carbonyl (C=O) groups excluding carboxylic acids is 1. The summed E-state index contributed by atoms with van der Waals surface area (Å²) in [5, 5.41) is 3.48. The molecule has 0 bridgehead atoms. The number of hydrogen-bond donors (Lipinski definition) is 1. The first-order chi connectivity index (χ1) is 10.5. The van der Waals surface area contributed by atoms with E-state index in [2.05, 4.69) is 5.32 Å². The Morgan fingerprint density at radius 2 is 2.00 bits per heavy atom. The summed E-state index contributed by atoms with van der Waals surface area (Å²) in [4.78, 5) is 14.3. The highest BCUT2D eigenvalue weighted by molar-refractivity contribution is 6.31. The molecule has 114 valence electrons. The van der Waals surface area contributed by atoms with Crippen molar-refractivity contribution < 1.29 is 9.53 Å². The fourth-order valence-corrected chi connectivity index (χ4v) is 2.60. The van der Waals surface area contributed by atoms with Gasteiger partial charge in [-0.05, 0) is 44.2 Å². The SMILES string of the molecule is Cc1ccc(NC(=O)N2C[C@@H](C)Oc3ccc(Cl)cc32)cc1. The maximum Gasteiger partial charge on any atom is 0.326 e. The van der Waals surface area contributed by atoms with Crippen LogP contribution in [0.25, 0.3) is 0 Å². The Morgan fingerprint density at radius 1 is 1.27 bits per heavy atom. The van der Waals surface area contributed by atoms with E-state index in [9.17, 15) is 4.79 Å². The van der Waals surface area contributed by atoms with Crippen molar-refractivity contribution in [3.8, 4) is 5.75 Å². The van der Waals surface area contributed by atoms with E-state index in [1.807, 2.05) is 38.1 Å². The summed E-state index contributed by atoms with van der Waals surface area (Å²) in [5.74, 6) is 0.669. The van der Waals surface area contributed by atoms with Crippen LogP contribution in [0, 0.1) is 6.92 Å². The third-order valence-electron chi connectivity index (χ3n) is 3.53. The van der Waals surface area contributed by atoms with Gasteiger partial charge in [0.1, 0.15) is 11.9 Å². The lowest BCUT2D eigenvalue weighted by atomic mass is 10.2. The number of nitrogens with zero attached hydrogens (tertiary/aromatic N) is 1. The number of carbonyl (C=O) groups is 1. The summed E-state index contributed by atoms with van der Waals surface area (Å²) < 4.78 is 5.75. The van der Waals surface area contributed by atoms with Crippen LogP contribution in [0.3, 0.4) is 0 Å². The Bertz CT molecular complexity index is 700. The van der Waals surface area contributed by atoms with Gasteiger partial charge >= 0.3 is 6.03 Å². The van der Waals surface area contributed by atoms with Gasteiger partial charge in [0.2, 0.25) is 0 Å². The summed E-state index contributed by atoms with van der Waals surface area (Å²) in [6.45, 7) is 4.42. The molecule has 1 aliphatic rings. The molecule has 1 aliphatic heterocycles. The molecule has 22 heavy (non-hydrogen) atoms. The first-order valence-corrected chi connectivity index (χ1v) is 7.52. The summed E-state index contributed by atoms with van der Waals surface area (Å²) >= 11 is 6.05. The van der Waals surface area contributed by atoms with E-state index in [0.29, 0.717) is 23.0 Å². The number of hydrogen-bond acceptors (Lipinski definition) is 2. The van der Waals surface area contributed by atoms with E-state index in [1.54, 1.807) is 23.1 Å². The average molecular weight is 317 g/mol. The number of benzene rings is 2. The number of nitrogens with one attached hydrogen (secondary N) is 1. The monoisotopic (exact) mass is 316 g/mol. The summed E-state index contributed by atoms with van der Waals surface area (Å²) in [6.07, 6.45) is -0.0718. The molecule has 0 radical (unpaired) electrons. The van der Waals surface area contributed by atoms with Gasteiger partial charge in [0.15, 0.2) is 0 Å². The summed E-state index contributed by atoms with van der Waals surface area (Å²) in [7, 11) is 0. The van der Waals surface area contributed by atoms with Gasteiger partial charge in [0.25, 0.3) is 0 Å². The third-order valence-corrected chi connectivity index (χ3v) is 3.76. The van der Waals surface area contributed by atoms with Gasteiger partial charge in [0.05, 0.1) is 12.2 Å². The van der Waals surface area contributed by atoms with Crippen molar-refractivity contribution in [2.75, 3.05) is 16.8 Å². The average Bonchev–Trinajstić information content (AvgIpc) is 2.49. The number of fused-ring (bicyclic) bond motifs is 1. The Hall–Kier alpha value is -2.20. The predicted octanol–water partition coefficient (Wildman–Crippen LogP) is 4.47. The molecule has 0 unspecified atom stereocenters. The van der Waals surface area contributed by atoms with E-state index in [-0.39, 0.29) is 12.1 Å². The van der Waals surface area contributed by atoms with Crippen LogP contribution in [0.2, 0.25) is 5.02 Å². The lowest BCUT2D eigenvalue weighted by molar-refractivity contribution is 0.208. The van der Waals surface area contributed by atoms with E-state index in [0.717, 1.165) is 11.3 Å². The molecule has 0 fully saturated rings. The fraction of sp³-hybridized carbons (Fsp3) is 0.235. The highest BCUT2D eigenvalue weighted by Crippen LogP contribution is 2.35. The van der Waals surface area contributed by atoms with Gasteiger partial charge in [-0.2, -0.15) is 0 Å². The maximum atomic E-state index is 12.6. The predicted molar refractivity (Wildman–Crippen MR) is 89.1 cm³/mol. The number of rotatable bonds is 1. The van der Waals surface area contributed by atoms with Gasteiger partial charge in [-0.15, -0.1) is 0 Å². The van der Waals surface area contributed by atoms with Crippen molar-refractivity contribution in [1.82, 2.24) is 0 Å². The van der Waals surface area contributed by atoms with E-state index in [4.69, 9.17) is 16.3 Å². The van der Waals surface area contributed by atoms with Crippen molar-refractivity contribution in [2.24, 2.45) is 0 Å². The molecular weight excluding hydrogens is 300 g/mol. The van der Waals surface area contributed by atoms with Gasteiger partial charge in [0, 0.05) is 10.7 Å². The third kappa shape index (κ3) is 3.02. The molecular formula is C17H17ClN2O2. The van der Waals surface area contributed by atoms with Crippen LogP contribution in [0.15, 0.2) is 42.5 Å². The molecule has 0 aromatic heterocycles. The number of halogens is 1. The van der Waals surface area contributed by atoms with Crippen LogP contribution in [0.5, 0.6) is 5.75 Å². The fourth-order valence-electron chi connectivity index (χ4n) is 2.43. The molecule has 0 saturated heterocycles. The Balaban J connectivity index is 1.86. The van der Waals surface area contributed by atoms with Gasteiger partial charge in [-0.25, -0.2) is 4.79 Å². The Morgan fingerprint density at radius 3 is 2.73 bits per heavy atom. The van der Waals surface area contributed by atoms with E-state index >= 15 is 0 Å². The number of anilines is 2. The summed E-state index contributed by atoms with van der Waals surface area (Å²) in [5.41, 5.74) is 2.60. The highest BCUT2D eigenvalue weighted by Gasteiger charge is 2.27. The molecule has 1 N–H and O–H groups in total. The maximum absolute atomic E-state index is 12.6. The van der Waals surface area contributed by atoms with Crippen LogP contribution in [-0.2, 0) is 0 Å². The second-order valence-corrected chi connectivity index (χ2v) is 5.88. The number of aryl methyl sites for hydroxylation is 1. The van der Waals surface area contributed by atoms with Crippen LogP contribution < -0.4 is 15.0 Å². The topological polar surface area (TPSA) is 41.6 Å².